The van der Waals surface area contributed by atoms with Gasteiger partial charge in [0.2, 0.25) is 0 Å². The van der Waals surface area contributed by atoms with Crippen LogP contribution in [0.1, 0.15) is 12.8 Å². The van der Waals surface area contributed by atoms with E-state index in [2.05, 4.69) is 91.0 Å². The molecule has 122 valence electrons. The van der Waals surface area contributed by atoms with E-state index in [9.17, 15) is 4.39 Å². The lowest BCUT2D eigenvalue weighted by atomic mass is 10.3. The lowest BCUT2D eigenvalue weighted by molar-refractivity contribution is 0.470. The van der Waals surface area contributed by atoms with Crippen molar-refractivity contribution in [2.75, 3.05) is 12.8 Å². The van der Waals surface area contributed by atoms with Crippen LogP contribution in [0.4, 0.5) is 4.39 Å². The van der Waals surface area contributed by atoms with E-state index in [0.717, 1.165) is 12.6 Å². The van der Waals surface area contributed by atoms with Crippen molar-refractivity contribution in [2.45, 2.75) is 12.8 Å². The molecule has 0 aromatic heterocycles. The van der Waals surface area contributed by atoms with E-state index in [4.69, 9.17) is 0 Å². The Morgan fingerprint density at radius 2 is 0.917 bits per heavy atom. The number of halogens is 1. The third-order valence-corrected chi connectivity index (χ3v) is 8.99. The van der Waals surface area contributed by atoms with Gasteiger partial charge in [-0.25, -0.2) is 0 Å². The summed E-state index contributed by atoms with van der Waals surface area (Å²) in [7, 11) is -1.75. The normalized spacial score (nSPS) is 11.4. The van der Waals surface area contributed by atoms with Gasteiger partial charge in [-0.3, -0.25) is 4.39 Å². The van der Waals surface area contributed by atoms with Crippen LogP contribution in [0.2, 0.25) is 0 Å². The molecular weight excluding hydrogens is 313 g/mol. The molecule has 3 rings (SSSR count). The first-order valence-corrected chi connectivity index (χ1v) is 10.5. The molecule has 2 heteroatoms. The van der Waals surface area contributed by atoms with Crippen molar-refractivity contribution in [3.8, 4) is 0 Å². The topological polar surface area (TPSA) is 0 Å². The van der Waals surface area contributed by atoms with E-state index >= 15 is 0 Å². The van der Waals surface area contributed by atoms with Gasteiger partial charge in [0.15, 0.2) is 0 Å². The Bertz CT molecular complexity index is 629. The second kappa shape index (κ2) is 8.22. The summed E-state index contributed by atoms with van der Waals surface area (Å²) in [6.45, 7) is -0.238. The zero-order valence-electron chi connectivity index (χ0n) is 13.8. The second-order valence-corrected chi connectivity index (χ2v) is 9.55. The van der Waals surface area contributed by atoms with E-state index in [1.165, 1.54) is 15.9 Å². The maximum atomic E-state index is 12.8. The first-order chi connectivity index (χ1) is 11.9. The molecule has 0 fully saturated rings. The minimum atomic E-state index is -1.75. The van der Waals surface area contributed by atoms with Gasteiger partial charge in [0.1, 0.15) is 23.2 Å². The maximum absolute atomic E-state index is 12.8. The minimum Gasteiger partial charge on any atom is -0.251 e. The number of benzene rings is 3. The third-order valence-electron chi connectivity index (χ3n) is 4.47. The van der Waals surface area contributed by atoms with E-state index in [1.807, 2.05) is 0 Å². The number of hydrogen-bond acceptors (Lipinski definition) is 0. The SMILES string of the molecule is [18F]CCCC[P+](c1ccccc1)(c1ccccc1)c1ccccc1. The van der Waals surface area contributed by atoms with Crippen LogP contribution in [-0.2, 0) is 0 Å². The van der Waals surface area contributed by atoms with Crippen molar-refractivity contribution in [1.29, 1.82) is 0 Å². The van der Waals surface area contributed by atoms with E-state index in [0.29, 0.717) is 6.42 Å². The molecule has 3 aromatic carbocycles. The van der Waals surface area contributed by atoms with Crippen molar-refractivity contribution in [3.05, 3.63) is 91.0 Å². The molecule has 0 bridgehead atoms. The van der Waals surface area contributed by atoms with Crippen LogP contribution < -0.4 is 15.9 Å². The fraction of sp³-hybridized carbons (Fsp3) is 0.182. The van der Waals surface area contributed by atoms with Crippen LogP contribution in [0, 0.1) is 0 Å². The summed E-state index contributed by atoms with van der Waals surface area (Å²) in [6.07, 6.45) is 2.55. The zero-order chi connectivity index (χ0) is 16.7. The Kier molecular flexibility index (Phi) is 5.77. The molecule has 0 atom stereocenters. The molecule has 3 aromatic rings. The van der Waals surface area contributed by atoms with Gasteiger partial charge in [-0.2, -0.15) is 0 Å². The number of hydrogen-bond donors (Lipinski definition) is 0. The van der Waals surface area contributed by atoms with E-state index in [-0.39, 0.29) is 6.67 Å². The van der Waals surface area contributed by atoms with Crippen molar-refractivity contribution in [1.82, 2.24) is 0 Å². The highest BCUT2D eigenvalue weighted by Gasteiger charge is 2.44. The Labute approximate surface area is 144 Å². The first kappa shape index (κ1) is 16.9. The number of rotatable bonds is 7. The standard InChI is InChI=1S/C22H23FP/c23-18-10-11-19-24(20-12-4-1-5-13-20,21-14-6-2-7-15-21)22-16-8-3-9-17-22/h1-9,12-17H,10-11,18-19H2/q+1/i23-1. The summed E-state index contributed by atoms with van der Waals surface area (Å²) in [5.74, 6) is 0. The molecule has 24 heavy (non-hydrogen) atoms. The molecule has 0 unspecified atom stereocenters. The number of alkyl halides is 1. The van der Waals surface area contributed by atoms with Gasteiger partial charge in [-0.15, -0.1) is 0 Å². The largest absolute Gasteiger partial charge is 0.251 e. The Balaban J connectivity index is 2.20. The molecule has 0 heterocycles. The van der Waals surface area contributed by atoms with Crippen LogP contribution in [-0.4, -0.2) is 12.8 Å². The second-order valence-electron chi connectivity index (χ2n) is 5.94. The predicted molar refractivity (Wildman–Crippen MR) is 105 cm³/mol. The molecule has 0 aliphatic rings. The van der Waals surface area contributed by atoms with Gasteiger partial charge in [0, 0.05) is 0 Å². The molecule has 0 saturated carbocycles. The van der Waals surface area contributed by atoms with Crippen molar-refractivity contribution >= 4 is 23.2 Å². The van der Waals surface area contributed by atoms with Crippen LogP contribution in [0.25, 0.3) is 0 Å². The summed E-state index contributed by atoms with van der Waals surface area (Å²) < 4.78 is 12.8. The van der Waals surface area contributed by atoms with E-state index < -0.39 is 7.26 Å². The predicted octanol–water partition coefficient (Wildman–Crippen LogP) is 4.73. The molecule has 0 radical (unpaired) electrons. The van der Waals surface area contributed by atoms with Gasteiger partial charge >= 0.3 is 0 Å². The van der Waals surface area contributed by atoms with Gasteiger partial charge in [0.05, 0.1) is 12.8 Å². The Morgan fingerprint density at radius 1 is 0.542 bits per heavy atom. The van der Waals surface area contributed by atoms with Crippen molar-refractivity contribution in [2.24, 2.45) is 0 Å². The highest BCUT2D eigenvalue weighted by molar-refractivity contribution is 7.95. The zero-order valence-corrected chi connectivity index (χ0v) is 14.7. The van der Waals surface area contributed by atoms with Crippen LogP contribution in [0.5, 0.6) is 0 Å². The lowest BCUT2D eigenvalue weighted by Crippen LogP contribution is -2.33. The molecule has 0 spiro atoms. The first-order valence-electron chi connectivity index (χ1n) is 8.49. The molecule has 0 aliphatic heterocycles. The Morgan fingerprint density at radius 3 is 1.25 bits per heavy atom. The maximum Gasteiger partial charge on any atom is 0.112 e. The third kappa shape index (κ3) is 3.42. The van der Waals surface area contributed by atoms with Crippen molar-refractivity contribution in [3.63, 3.8) is 0 Å². The quantitative estimate of drug-likeness (QED) is 0.432. The van der Waals surface area contributed by atoms with Gasteiger partial charge in [-0.05, 0) is 49.2 Å². The van der Waals surface area contributed by atoms with Crippen LogP contribution >= 0.6 is 7.26 Å². The fourth-order valence-electron chi connectivity index (χ4n) is 3.33. The molecule has 0 amide bonds. The molecule has 0 saturated heterocycles. The average molecular weight is 336 g/mol. The monoisotopic (exact) mass is 336 g/mol. The lowest BCUT2D eigenvalue weighted by Gasteiger charge is -2.27. The summed E-state index contributed by atoms with van der Waals surface area (Å²) >= 11 is 0. The van der Waals surface area contributed by atoms with Crippen molar-refractivity contribution < 1.29 is 4.39 Å². The van der Waals surface area contributed by atoms with Crippen LogP contribution in [0.15, 0.2) is 91.0 Å². The average Bonchev–Trinajstić information content (AvgIpc) is 2.68. The summed E-state index contributed by atoms with van der Waals surface area (Å²) in [5, 5.41) is 4.13. The fourth-order valence-corrected chi connectivity index (χ4v) is 7.74. The van der Waals surface area contributed by atoms with Gasteiger partial charge < -0.3 is 0 Å². The number of unbranched alkanes of at least 4 members (excludes halogenated alkanes) is 1. The molecule has 0 N–H and O–H groups in total. The summed E-state index contributed by atoms with van der Waals surface area (Å²) in [6, 6.07) is 32.3. The highest BCUT2D eigenvalue weighted by atomic mass is 31.2. The molecule has 0 nitrogen and oxygen atoms in total. The Hall–Kier alpha value is -1.98. The van der Waals surface area contributed by atoms with E-state index in [1.54, 1.807) is 0 Å². The smallest absolute Gasteiger partial charge is 0.112 e. The minimum absolute atomic E-state index is 0.238. The highest BCUT2D eigenvalue weighted by Crippen LogP contribution is 2.55. The summed E-state index contributed by atoms with van der Waals surface area (Å²) in [4.78, 5) is 0. The van der Waals surface area contributed by atoms with Crippen LogP contribution in [0.3, 0.4) is 0 Å². The van der Waals surface area contributed by atoms with Gasteiger partial charge in [0.25, 0.3) is 0 Å². The summed E-state index contributed by atoms with van der Waals surface area (Å²) in [5.41, 5.74) is 0. The molecule has 0 aliphatic carbocycles. The molecular formula is C22H23FP+. The van der Waals surface area contributed by atoms with Gasteiger partial charge in [-0.1, -0.05) is 54.6 Å².